The Bertz CT molecular complexity index is 647. The van der Waals surface area contributed by atoms with Crippen molar-refractivity contribution in [3.05, 3.63) is 29.8 Å². The molecule has 0 aromatic heterocycles. The van der Waals surface area contributed by atoms with Gasteiger partial charge >= 0.3 is 5.97 Å². The van der Waals surface area contributed by atoms with Gasteiger partial charge in [-0.2, -0.15) is 0 Å². The Labute approximate surface area is 162 Å². The largest absolute Gasteiger partial charge is 0.497 e. The van der Waals surface area contributed by atoms with E-state index in [0.717, 1.165) is 11.3 Å². The van der Waals surface area contributed by atoms with Gasteiger partial charge in [0, 0.05) is 0 Å². The average molecular weight is 397 g/mol. The summed E-state index contributed by atoms with van der Waals surface area (Å²) in [5, 5.41) is 10.6. The highest BCUT2D eigenvalue weighted by atomic mass is 28.4. The first-order valence-electron chi connectivity index (χ1n) is 9.20. The first-order valence-corrected chi connectivity index (χ1v) is 12.1. The molecule has 6 nitrogen and oxygen atoms in total. The van der Waals surface area contributed by atoms with E-state index in [1.54, 1.807) is 7.11 Å². The minimum Gasteiger partial charge on any atom is -0.497 e. The fraction of sp³-hybridized carbons (Fsp3) is 0.650. The third-order valence-corrected chi connectivity index (χ3v) is 9.96. The summed E-state index contributed by atoms with van der Waals surface area (Å²) in [5.41, 5.74) is -0.697. The van der Waals surface area contributed by atoms with Crippen molar-refractivity contribution in [1.82, 2.24) is 0 Å². The van der Waals surface area contributed by atoms with Gasteiger partial charge in [-0.15, -0.1) is 0 Å². The molecular formula is C20H32O6Si. The Morgan fingerprint density at radius 1 is 1.22 bits per heavy atom. The summed E-state index contributed by atoms with van der Waals surface area (Å²) in [7, 11) is -0.586. The zero-order valence-electron chi connectivity index (χ0n) is 17.4. The number of esters is 1. The van der Waals surface area contributed by atoms with Crippen LogP contribution in [0.3, 0.4) is 0 Å². The Morgan fingerprint density at radius 3 is 2.33 bits per heavy atom. The number of aliphatic hydroxyl groups is 1. The van der Waals surface area contributed by atoms with Crippen LogP contribution in [0.15, 0.2) is 24.3 Å². The SMILES string of the molecule is COc1ccc(COC[C@H]2OC(=O)[C@@](C)(O)[C@@H]2O[Si](C)(C)C(C)(C)C)cc1. The summed E-state index contributed by atoms with van der Waals surface area (Å²) in [6.45, 7) is 12.5. The van der Waals surface area contributed by atoms with Gasteiger partial charge in [-0.25, -0.2) is 4.79 Å². The fourth-order valence-electron chi connectivity index (χ4n) is 2.62. The van der Waals surface area contributed by atoms with Crippen molar-refractivity contribution in [1.29, 1.82) is 0 Å². The maximum atomic E-state index is 12.1. The van der Waals surface area contributed by atoms with Crippen LogP contribution in [0.1, 0.15) is 33.3 Å². The number of cyclic esters (lactones) is 1. The molecule has 0 unspecified atom stereocenters. The van der Waals surface area contributed by atoms with E-state index in [-0.39, 0.29) is 11.6 Å². The number of hydrogen-bond donors (Lipinski definition) is 1. The maximum absolute atomic E-state index is 12.1. The number of methoxy groups -OCH3 is 1. The van der Waals surface area contributed by atoms with E-state index in [9.17, 15) is 9.90 Å². The highest BCUT2D eigenvalue weighted by Crippen LogP contribution is 2.41. The molecule has 1 aliphatic heterocycles. The molecule has 27 heavy (non-hydrogen) atoms. The van der Waals surface area contributed by atoms with Crippen molar-refractivity contribution in [3.8, 4) is 5.75 Å². The molecule has 0 aliphatic carbocycles. The Kier molecular flexibility index (Phi) is 6.41. The first-order chi connectivity index (χ1) is 12.4. The molecule has 1 aromatic carbocycles. The van der Waals surface area contributed by atoms with Gasteiger partial charge in [0.15, 0.2) is 20.0 Å². The van der Waals surface area contributed by atoms with Crippen LogP contribution in [0.2, 0.25) is 18.1 Å². The van der Waals surface area contributed by atoms with Crippen molar-refractivity contribution in [2.75, 3.05) is 13.7 Å². The van der Waals surface area contributed by atoms with Crippen molar-refractivity contribution in [2.45, 2.75) is 70.2 Å². The lowest BCUT2D eigenvalue weighted by atomic mass is 9.99. The lowest BCUT2D eigenvalue weighted by Crippen LogP contribution is -2.54. The van der Waals surface area contributed by atoms with Crippen LogP contribution >= 0.6 is 0 Å². The molecule has 152 valence electrons. The zero-order chi connectivity index (χ0) is 20.5. The topological polar surface area (TPSA) is 74.2 Å². The van der Waals surface area contributed by atoms with Crippen molar-refractivity contribution < 1.29 is 28.5 Å². The number of benzene rings is 1. The molecular weight excluding hydrogens is 364 g/mol. The lowest BCUT2D eigenvalue weighted by molar-refractivity contribution is -0.155. The lowest BCUT2D eigenvalue weighted by Gasteiger charge is -2.40. The van der Waals surface area contributed by atoms with E-state index in [1.807, 2.05) is 24.3 Å². The van der Waals surface area contributed by atoms with Crippen LogP contribution in [0.4, 0.5) is 0 Å². The highest BCUT2D eigenvalue weighted by Gasteiger charge is 2.57. The molecule has 0 amide bonds. The minimum atomic E-state index is -2.21. The molecule has 1 N–H and O–H groups in total. The number of ether oxygens (including phenoxy) is 3. The highest BCUT2D eigenvalue weighted by molar-refractivity contribution is 6.74. The number of carbonyl (C=O) groups excluding carboxylic acids is 1. The molecule has 0 saturated carbocycles. The smallest absolute Gasteiger partial charge is 0.341 e. The second kappa shape index (κ2) is 7.91. The maximum Gasteiger partial charge on any atom is 0.341 e. The molecule has 3 atom stereocenters. The van der Waals surface area contributed by atoms with E-state index in [4.69, 9.17) is 18.6 Å². The minimum absolute atomic E-state index is 0.0524. The average Bonchev–Trinajstić information content (AvgIpc) is 2.77. The third-order valence-electron chi connectivity index (χ3n) is 5.50. The van der Waals surface area contributed by atoms with Crippen molar-refractivity contribution >= 4 is 14.3 Å². The molecule has 7 heteroatoms. The summed E-state index contributed by atoms with van der Waals surface area (Å²) >= 11 is 0. The quantitative estimate of drug-likeness (QED) is 0.563. The normalized spacial score (nSPS) is 26.1. The number of hydrogen-bond acceptors (Lipinski definition) is 6. The van der Waals surface area contributed by atoms with Crippen LogP contribution in [0, 0.1) is 0 Å². The van der Waals surface area contributed by atoms with Gasteiger partial charge in [0.1, 0.15) is 11.9 Å². The molecule has 1 heterocycles. The Balaban J connectivity index is 2.03. The molecule has 1 fully saturated rings. The van der Waals surface area contributed by atoms with Crippen LogP contribution in [0.25, 0.3) is 0 Å². The summed E-state index contributed by atoms with van der Waals surface area (Å²) in [5.74, 6) is 0.117. The summed E-state index contributed by atoms with van der Waals surface area (Å²) in [4.78, 5) is 12.1. The molecule has 1 aliphatic rings. The Morgan fingerprint density at radius 2 is 1.81 bits per heavy atom. The monoisotopic (exact) mass is 396 g/mol. The van der Waals surface area contributed by atoms with Gasteiger partial charge in [-0.1, -0.05) is 32.9 Å². The standard InChI is InChI=1S/C20H32O6Si/c1-19(2,3)27(6,7)26-17-16(25-18(21)20(17,4)22)13-24-12-14-8-10-15(23-5)11-9-14/h8-11,16-17,22H,12-13H2,1-7H3/t16-,17-,20+/m1/s1. The van der Waals surface area contributed by atoms with Crippen LogP contribution in [0.5, 0.6) is 5.75 Å². The third kappa shape index (κ3) is 4.90. The molecule has 1 aromatic rings. The molecule has 0 spiro atoms. The number of carbonyl (C=O) groups is 1. The predicted molar refractivity (Wildman–Crippen MR) is 105 cm³/mol. The summed E-state index contributed by atoms with van der Waals surface area (Å²) in [6.07, 6.45) is -1.39. The van der Waals surface area contributed by atoms with Gasteiger partial charge in [-0.3, -0.25) is 0 Å². The van der Waals surface area contributed by atoms with E-state index in [2.05, 4.69) is 33.9 Å². The first kappa shape index (κ1) is 21.9. The van der Waals surface area contributed by atoms with Gasteiger partial charge < -0.3 is 23.7 Å². The fourth-order valence-corrected chi connectivity index (χ4v) is 3.99. The molecule has 0 radical (unpaired) electrons. The van der Waals surface area contributed by atoms with Crippen molar-refractivity contribution in [3.63, 3.8) is 0 Å². The second-order valence-electron chi connectivity index (χ2n) is 8.75. The molecule has 0 bridgehead atoms. The number of rotatable bonds is 7. The zero-order valence-corrected chi connectivity index (χ0v) is 18.4. The summed E-state index contributed by atoms with van der Waals surface area (Å²) in [6, 6.07) is 7.56. The second-order valence-corrected chi connectivity index (χ2v) is 13.5. The molecule has 2 rings (SSSR count). The van der Waals surface area contributed by atoms with Crippen LogP contribution in [-0.4, -0.2) is 50.9 Å². The van der Waals surface area contributed by atoms with Gasteiger partial charge in [0.05, 0.1) is 20.3 Å². The molecule has 1 saturated heterocycles. The van der Waals surface area contributed by atoms with Crippen LogP contribution in [-0.2, 0) is 25.3 Å². The predicted octanol–water partition coefficient (Wildman–Crippen LogP) is 3.28. The van der Waals surface area contributed by atoms with E-state index in [1.165, 1.54) is 6.92 Å². The van der Waals surface area contributed by atoms with E-state index >= 15 is 0 Å². The van der Waals surface area contributed by atoms with Crippen LogP contribution < -0.4 is 4.74 Å². The van der Waals surface area contributed by atoms with E-state index < -0.39 is 32.1 Å². The van der Waals surface area contributed by atoms with Gasteiger partial charge in [0.2, 0.25) is 0 Å². The summed E-state index contributed by atoms with van der Waals surface area (Å²) < 4.78 is 22.6. The Hall–Kier alpha value is -1.41. The van der Waals surface area contributed by atoms with E-state index in [0.29, 0.717) is 6.61 Å². The van der Waals surface area contributed by atoms with Gasteiger partial charge in [-0.05, 0) is 42.8 Å². The van der Waals surface area contributed by atoms with Gasteiger partial charge in [0.25, 0.3) is 0 Å². The van der Waals surface area contributed by atoms with Crippen molar-refractivity contribution in [2.24, 2.45) is 0 Å².